The molecule has 0 saturated carbocycles. The molecule has 19 heavy (non-hydrogen) atoms. The number of phenolic OH excluding ortho intramolecular Hbond substituents is 6. The first-order valence-electron chi connectivity index (χ1n) is 5.36. The van der Waals surface area contributed by atoms with Gasteiger partial charge in [0.25, 0.3) is 0 Å². The minimum absolute atomic E-state index is 0.0481. The summed E-state index contributed by atoms with van der Waals surface area (Å²) >= 11 is 0. The van der Waals surface area contributed by atoms with Crippen molar-refractivity contribution in [1.82, 2.24) is 0 Å². The number of aromatic hydroxyl groups is 6. The fraction of sp³-hybridized carbons (Fsp3) is 0.0769. The highest BCUT2D eigenvalue weighted by molar-refractivity contribution is 5.54. The summed E-state index contributed by atoms with van der Waals surface area (Å²) in [6, 6.07) is 4.29. The van der Waals surface area contributed by atoms with Crippen LogP contribution in [0.25, 0.3) is 0 Å². The van der Waals surface area contributed by atoms with Gasteiger partial charge >= 0.3 is 0 Å². The Balaban J connectivity index is 2.44. The Morgan fingerprint density at radius 3 is 1.89 bits per heavy atom. The summed E-state index contributed by atoms with van der Waals surface area (Å²) in [6.07, 6.45) is -0.0481. The van der Waals surface area contributed by atoms with Crippen molar-refractivity contribution < 1.29 is 30.6 Å². The summed E-state index contributed by atoms with van der Waals surface area (Å²) in [6.45, 7) is 0. The normalized spacial score (nSPS) is 10.5. The molecule has 0 aliphatic carbocycles. The van der Waals surface area contributed by atoms with Crippen LogP contribution in [0.1, 0.15) is 11.1 Å². The predicted molar refractivity (Wildman–Crippen MR) is 65.7 cm³/mol. The maximum absolute atomic E-state index is 9.64. The highest BCUT2D eigenvalue weighted by atomic mass is 16.3. The maximum atomic E-state index is 9.64. The van der Waals surface area contributed by atoms with Gasteiger partial charge in [-0.1, -0.05) is 0 Å². The van der Waals surface area contributed by atoms with Crippen LogP contribution in [0.15, 0.2) is 24.3 Å². The number of benzene rings is 2. The van der Waals surface area contributed by atoms with E-state index in [1.807, 2.05) is 0 Å². The highest BCUT2D eigenvalue weighted by Crippen LogP contribution is 2.38. The van der Waals surface area contributed by atoms with Gasteiger partial charge in [-0.05, 0) is 12.1 Å². The van der Waals surface area contributed by atoms with Crippen LogP contribution in [0.3, 0.4) is 0 Å². The third-order valence-corrected chi connectivity index (χ3v) is 2.71. The van der Waals surface area contributed by atoms with Gasteiger partial charge in [0, 0.05) is 29.7 Å². The predicted octanol–water partition coefficient (Wildman–Crippen LogP) is 1.51. The fourth-order valence-corrected chi connectivity index (χ4v) is 1.75. The first kappa shape index (κ1) is 12.7. The van der Waals surface area contributed by atoms with Gasteiger partial charge in [-0.3, -0.25) is 0 Å². The van der Waals surface area contributed by atoms with E-state index in [-0.39, 0.29) is 29.0 Å². The van der Waals surface area contributed by atoms with Crippen molar-refractivity contribution >= 4 is 0 Å². The van der Waals surface area contributed by atoms with E-state index >= 15 is 0 Å². The number of hydrogen-bond donors (Lipinski definition) is 6. The average Bonchev–Trinajstić information content (AvgIpc) is 2.32. The first-order valence-corrected chi connectivity index (χ1v) is 5.36. The van der Waals surface area contributed by atoms with Crippen LogP contribution >= 0.6 is 0 Å². The monoisotopic (exact) mass is 264 g/mol. The van der Waals surface area contributed by atoms with Gasteiger partial charge in [0.1, 0.15) is 11.5 Å². The van der Waals surface area contributed by atoms with E-state index in [0.717, 1.165) is 18.2 Å². The van der Waals surface area contributed by atoms with Crippen molar-refractivity contribution in [2.24, 2.45) is 0 Å². The molecule has 2 aromatic rings. The van der Waals surface area contributed by atoms with Gasteiger partial charge in [0.2, 0.25) is 0 Å². The Hall–Kier alpha value is -2.76. The molecule has 6 heteroatoms. The molecule has 6 nitrogen and oxygen atoms in total. The summed E-state index contributed by atoms with van der Waals surface area (Å²) in [4.78, 5) is 0. The molecule has 0 aliphatic heterocycles. The van der Waals surface area contributed by atoms with E-state index in [2.05, 4.69) is 0 Å². The average molecular weight is 264 g/mol. The summed E-state index contributed by atoms with van der Waals surface area (Å²) in [5, 5.41) is 56.5. The molecule has 6 N–H and O–H groups in total. The minimum atomic E-state index is -0.488. The minimum Gasteiger partial charge on any atom is -0.508 e. The largest absolute Gasteiger partial charge is 0.508 e. The third-order valence-electron chi connectivity index (χ3n) is 2.71. The van der Waals surface area contributed by atoms with Crippen molar-refractivity contribution in [1.29, 1.82) is 0 Å². The summed E-state index contributed by atoms with van der Waals surface area (Å²) in [7, 11) is 0. The summed E-state index contributed by atoms with van der Waals surface area (Å²) < 4.78 is 0. The first-order chi connectivity index (χ1) is 8.88. The van der Waals surface area contributed by atoms with E-state index in [9.17, 15) is 30.6 Å². The molecular formula is C13H12O6. The van der Waals surface area contributed by atoms with Gasteiger partial charge in [-0.2, -0.15) is 0 Å². The fourth-order valence-electron chi connectivity index (χ4n) is 1.75. The molecule has 100 valence electrons. The molecule has 0 aromatic heterocycles. The van der Waals surface area contributed by atoms with E-state index in [0.29, 0.717) is 0 Å². The zero-order valence-corrected chi connectivity index (χ0v) is 9.70. The molecule has 0 amide bonds. The third kappa shape index (κ3) is 2.42. The second kappa shape index (κ2) is 4.49. The van der Waals surface area contributed by atoms with Crippen molar-refractivity contribution in [2.45, 2.75) is 6.42 Å². The molecule has 0 fully saturated rings. The Morgan fingerprint density at radius 2 is 1.21 bits per heavy atom. The van der Waals surface area contributed by atoms with E-state index in [1.165, 1.54) is 6.07 Å². The Morgan fingerprint density at radius 1 is 0.579 bits per heavy atom. The van der Waals surface area contributed by atoms with E-state index in [4.69, 9.17) is 0 Å². The van der Waals surface area contributed by atoms with E-state index < -0.39 is 23.0 Å². The highest BCUT2D eigenvalue weighted by Gasteiger charge is 2.13. The smallest absolute Gasteiger partial charge is 0.161 e. The van der Waals surface area contributed by atoms with Crippen molar-refractivity contribution in [2.75, 3.05) is 0 Å². The molecule has 0 atom stereocenters. The molecule has 0 aliphatic rings. The molecule has 0 heterocycles. The molecule has 0 spiro atoms. The van der Waals surface area contributed by atoms with Crippen LogP contribution in [0.2, 0.25) is 0 Å². The summed E-state index contributed by atoms with van der Waals surface area (Å²) in [5.74, 6) is -2.33. The zero-order chi connectivity index (χ0) is 14.2. The molecular weight excluding hydrogens is 252 g/mol. The number of rotatable bonds is 2. The maximum Gasteiger partial charge on any atom is 0.161 e. The zero-order valence-electron chi connectivity index (χ0n) is 9.70. The van der Waals surface area contributed by atoms with Gasteiger partial charge < -0.3 is 30.6 Å². The molecule has 2 aromatic carbocycles. The van der Waals surface area contributed by atoms with E-state index in [1.54, 1.807) is 0 Å². The second-order valence-corrected chi connectivity index (χ2v) is 4.12. The Labute approximate surface area is 108 Å². The lowest BCUT2D eigenvalue weighted by Gasteiger charge is -2.10. The molecule has 0 unspecified atom stereocenters. The standard InChI is InChI=1S/C13H12O6/c14-8-2-7(13(19)12(18)4-8)1-6-3-10(16)11(17)5-9(6)15/h2-5,14-19H,1H2. The lowest BCUT2D eigenvalue weighted by atomic mass is 10.0. The van der Waals surface area contributed by atoms with Crippen molar-refractivity contribution in [3.05, 3.63) is 35.4 Å². The Bertz CT molecular complexity index is 636. The second-order valence-electron chi connectivity index (χ2n) is 4.12. The summed E-state index contributed by atoms with van der Waals surface area (Å²) in [5.41, 5.74) is 0.383. The quantitative estimate of drug-likeness (QED) is 0.361. The number of hydrogen-bond acceptors (Lipinski definition) is 6. The van der Waals surface area contributed by atoms with Crippen LogP contribution in [0.5, 0.6) is 34.5 Å². The molecule has 0 radical (unpaired) electrons. The molecule has 0 bridgehead atoms. The van der Waals surface area contributed by atoms with Gasteiger partial charge in [0.15, 0.2) is 23.0 Å². The number of phenols is 6. The lowest BCUT2D eigenvalue weighted by Crippen LogP contribution is -1.90. The SMILES string of the molecule is Oc1cc(O)c(O)c(Cc2cc(O)c(O)cc2O)c1. The van der Waals surface area contributed by atoms with Gasteiger partial charge in [0.05, 0.1) is 0 Å². The lowest BCUT2D eigenvalue weighted by molar-refractivity contribution is 0.390. The van der Waals surface area contributed by atoms with Crippen LogP contribution in [-0.4, -0.2) is 30.6 Å². The van der Waals surface area contributed by atoms with Crippen LogP contribution in [-0.2, 0) is 6.42 Å². The van der Waals surface area contributed by atoms with Crippen LogP contribution < -0.4 is 0 Å². The Kier molecular flexibility index (Phi) is 3.00. The topological polar surface area (TPSA) is 121 Å². The van der Waals surface area contributed by atoms with Crippen molar-refractivity contribution in [3.8, 4) is 34.5 Å². The van der Waals surface area contributed by atoms with Gasteiger partial charge in [-0.25, -0.2) is 0 Å². The van der Waals surface area contributed by atoms with Crippen LogP contribution in [0.4, 0.5) is 0 Å². The van der Waals surface area contributed by atoms with Gasteiger partial charge in [-0.15, -0.1) is 0 Å². The van der Waals surface area contributed by atoms with Crippen LogP contribution in [0, 0.1) is 0 Å². The molecule has 0 saturated heterocycles. The van der Waals surface area contributed by atoms with Crippen molar-refractivity contribution in [3.63, 3.8) is 0 Å². The molecule has 2 rings (SSSR count).